The molecule has 18 heavy (non-hydrogen) atoms. The van der Waals surface area contributed by atoms with Gasteiger partial charge in [-0.25, -0.2) is 0 Å². The van der Waals surface area contributed by atoms with E-state index in [1.54, 1.807) is 0 Å². The van der Waals surface area contributed by atoms with Gasteiger partial charge in [0.05, 0.1) is 0 Å². The van der Waals surface area contributed by atoms with E-state index in [4.69, 9.17) is 0 Å². The Bertz CT molecular complexity index is 250. The zero-order valence-corrected chi connectivity index (χ0v) is 12.8. The van der Waals surface area contributed by atoms with Crippen molar-refractivity contribution in [2.75, 3.05) is 19.6 Å². The zero-order valence-electron chi connectivity index (χ0n) is 12.8. The van der Waals surface area contributed by atoms with Crippen molar-refractivity contribution in [1.29, 1.82) is 0 Å². The van der Waals surface area contributed by atoms with Gasteiger partial charge in [0.2, 0.25) is 0 Å². The lowest BCUT2D eigenvalue weighted by Crippen LogP contribution is -2.31. The maximum atomic E-state index is 2.59. The summed E-state index contributed by atoms with van der Waals surface area (Å²) in [7, 11) is 0. The highest BCUT2D eigenvalue weighted by atomic mass is 15.1. The molecule has 1 aliphatic heterocycles. The average Bonchev–Trinajstić information content (AvgIpc) is 2.51. The van der Waals surface area contributed by atoms with Crippen LogP contribution in [-0.4, -0.2) is 24.5 Å². The second-order valence-corrected chi connectivity index (χ2v) is 4.14. The first-order chi connectivity index (χ1) is 8.95. The summed E-state index contributed by atoms with van der Waals surface area (Å²) in [6, 6.07) is 10.8. The first kappa shape index (κ1) is 17.2. The van der Waals surface area contributed by atoms with Crippen LogP contribution in [0.15, 0.2) is 30.3 Å². The number of nitrogens with zero attached hydrogens (tertiary/aromatic N) is 1. The van der Waals surface area contributed by atoms with Gasteiger partial charge in [0, 0.05) is 6.54 Å². The molecule has 1 nitrogen and oxygen atoms in total. The van der Waals surface area contributed by atoms with E-state index in [9.17, 15) is 0 Å². The Balaban J connectivity index is 0.000000659. The molecule has 0 N–H and O–H groups in total. The molecule has 0 spiro atoms. The van der Waals surface area contributed by atoms with Crippen LogP contribution in [0.2, 0.25) is 0 Å². The fourth-order valence-electron chi connectivity index (χ4n) is 2.11. The molecule has 0 amide bonds. The lowest BCUT2D eigenvalue weighted by Gasteiger charge is -2.26. The van der Waals surface area contributed by atoms with Gasteiger partial charge in [0.1, 0.15) is 0 Å². The molecule has 0 aliphatic carbocycles. The molecule has 104 valence electrons. The van der Waals surface area contributed by atoms with Gasteiger partial charge in [-0.05, 0) is 37.9 Å². The quantitative estimate of drug-likeness (QED) is 0.746. The second-order valence-electron chi connectivity index (χ2n) is 4.14. The Kier molecular flexibility index (Phi) is 12.1. The maximum Gasteiger partial charge on any atom is 0.00218 e. The molecule has 0 bridgehead atoms. The van der Waals surface area contributed by atoms with Crippen LogP contribution in [0.5, 0.6) is 0 Å². The van der Waals surface area contributed by atoms with Crippen molar-refractivity contribution in [2.45, 2.75) is 53.4 Å². The average molecular weight is 249 g/mol. The molecule has 0 unspecified atom stereocenters. The Morgan fingerprint density at radius 2 is 1.39 bits per heavy atom. The minimum Gasteiger partial charge on any atom is -0.303 e. The number of benzene rings is 1. The Morgan fingerprint density at radius 3 is 1.94 bits per heavy atom. The lowest BCUT2D eigenvalue weighted by atomic mass is 10.1. The predicted molar refractivity (Wildman–Crippen MR) is 83.1 cm³/mol. The van der Waals surface area contributed by atoms with Crippen molar-refractivity contribution < 1.29 is 0 Å². The summed E-state index contributed by atoms with van der Waals surface area (Å²) in [4.78, 5) is 2.59. The van der Waals surface area contributed by atoms with Crippen LogP contribution in [0, 0.1) is 0 Å². The molecule has 0 atom stereocenters. The van der Waals surface area contributed by atoms with E-state index >= 15 is 0 Å². The molecule has 0 aromatic heterocycles. The summed E-state index contributed by atoms with van der Waals surface area (Å²) >= 11 is 0. The van der Waals surface area contributed by atoms with E-state index in [-0.39, 0.29) is 0 Å². The summed E-state index contributed by atoms with van der Waals surface area (Å²) in [6.07, 6.45) is 5.44. The Hall–Kier alpha value is -0.820. The molecule has 1 aliphatic rings. The van der Waals surface area contributed by atoms with Gasteiger partial charge in [-0.3, -0.25) is 0 Å². The third-order valence-corrected chi connectivity index (χ3v) is 3.01. The zero-order chi connectivity index (χ0) is 13.6. The largest absolute Gasteiger partial charge is 0.303 e. The highest BCUT2D eigenvalue weighted by Gasteiger charge is 2.08. The minimum absolute atomic E-state index is 1.21. The van der Waals surface area contributed by atoms with Gasteiger partial charge >= 0.3 is 0 Å². The molecule has 1 saturated heterocycles. The van der Waals surface area contributed by atoms with Gasteiger partial charge in [-0.1, -0.05) is 64.4 Å². The fourth-order valence-corrected chi connectivity index (χ4v) is 2.11. The summed E-state index contributed by atoms with van der Waals surface area (Å²) in [5, 5.41) is 0. The normalized spacial score (nSPS) is 14.9. The number of piperidine rings is 1. The Morgan fingerprint density at radius 1 is 0.833 bits per heavy atom. The number of rotatable bonds is 3. The standard InChI is InChI=1S/C13H19N.2C2H6/c1-3-7-13(8-4-1)9-12-14-10-5-2-6-11-14;2*1-2/h1,3-4,7-8H,2,5-6,9-12H2;2*1-2H3. The lowest BCUT2D eigenvalue weighted by molar-refractivity contribution is 0.231. The highest BCUT2D eigenvalue weighted by Crippen LogP contribution is 2.09. The van der Waals surface area contributed by atoms with Gasteiger partial charge in [0.25, 0.3) is 0 Å². The maximum absolute atomic E-state index is 2.59. The molecular weight excluding hydrogens is 218 g/mol. The molecule has 1 fully saturated rings. The van der Waals surface area contributed by atoms with Crippen LogP contribution in [0.3, 0.4) is 0 Å². The van der Waals surface area contributed by atoms with Crippen molar-refractivity contribution in [1.82, 2.24) is 4.90 Å². The summed E-state index contributed by atoms with van der Waals surface area (Å²) in [5.41, 5.74) is 1.47. The van der Waals surface area contributed by atoms with E-state index < -0.39 is 0 Å². The highest BCUT2D eigenvalue weighted by molar-refractivity contribution is 5.14. The third kappa shape index (κ3) is 7.50. The Labute approximate surface area is 114 Å². The molecule has 1 heterocycles. The number of likely N-dealkylation sites (tertiary alicyclic amines) is 1. The van der Waals surface area contributed by atoms with Crippen LogP contribution in [0.1, 0.15) is 52.5 Å². The van der Waals surface area contributed by atoms with Crippen molar-refractivity contribution in [2.24, 2.45) is 0 Å². The van der Waals surface area contributed by atoms with Crippen LogP contribution in [0.4, 0.5) is 0 Å². The molecule has 0 saturated carbocycles. The summed E-state index contributed by atoms with van der Waals surface area (Å²) in [5.74, 6) is 0. The van der Waals surface area contributed by atoms with E-state index in [1.807, 2.05) is 27.7 Å². The van der Waals surface area contributed by atoms with Crippen molar-refractivity contribution >= 4 is 0 Å². The first-order valence-electron chi connectivity index (χ1n) is 7.71. The van der Waals surface area contributed by atoms with E-state index in [2.05, 4.69) is 35.2 Å². The van der Waals surface area contributed by atoms with Crippen molar-refractivity contribution in [3.05, 3.63) is 35.9 Å². The van der Waals surface area contributed by atoms with E-state index in [1.165, 1.54) is 50.9 Å². The van der Waals surface area contributed by atoms with Gasteiger partial charge in [-0.15, -0.1) is 0 Å². The van der Waals surface area contributed by atoms with Crippen molar-refractivity contribution in [3.63, 3.8) is 0 Å². The van der Waals surface area contributed by atoms with Crippen LogP contribution in [-0.2, 0) is 6.42 Å². The molecular formula is C17H31N. The molecule has 1 aromatic rings. The van der Waals surface area contributed by atoms with E-state index in [0.717, 1.165) is 0 Å². The smallest absolute Gasteiger partial charge is 0.00218 e. The minimum atomic E-state index is 1.21. The molecule has 1 aromatic carbocycles. The third-order valence-electron chi connectivity index (χ3n) is 3.01. The predicted octanol–water partition coefficient (Wildman–Crippen LogP) is 4.77. The monoisotopic (exact) mass is 249 g/mol. The fraction of sp³-hybridized carbons (Fsp3) is 0.647. The van der Waals surface area contributed by atoms with Gasteiger partial charge in [-0.2, -0.15) is 0 Å². The van der Waals surface area contributed by atoms with Gasteiger partial charge < -0.3 is 4.90 Å². The number of hydrogen-bond acceptors (Lipinski definition) is 1. The molecule has 2 rings (SSSR count). The molecule has 1 heteroatoms. The van der Waals surface area contributed by atoms with Crippen LogP contribution >= 0.6 is 0 Å². The van der Waals surface area contributed by atoms with Gasteiger partial charge in [0.15, 0.2) is 0 Å². The topological polar surface area (TPSA) is 3.24 Å². The van der Waals surface area contributed by atoms with Crippen LogP contribution in [0.25, 0.3) is 0 Å². The first-order valence-corrected chi connectivity index (χ1v) is 7.71. The number of hydrogen-bond donors (Lipinski definition) is 0. The van der Waals surface area contributed by atoms with Crippen LogP contribution < -0.4 is 0 Å². The summed E-state index contributed by atoms with van der Waals surface area (Å²) in [6.45, 7) is 11.9. The van der Waals surface area contributed by atoms with Crippen molar-refractivity contribution in [3.8, 4) is 0 Å². The summed E-state index contributed by atoms with van der Waals surface area (Å²) < 4.78 is 0. The molecule has 0 radical (unpaired) electrons. The SMILES string of the molecule is CC.CC.c1ccc(CCN2CCCCC2)cc1. The second kappa shape index (κ2) is 12.6. The van der Waals surface area contributed by atoms with E-state index in [0.29, 0.717) is 0 Å².